The number of fused-ring (bicyclic) bond motifs is 2. The highest BCUT2D eigenvalue weighted by Gasteiger charge is 2.26. The molecule has 7 heteroatoms. The van der Waals surface area contributed by atoms with Crippen LogP contribution in [-0.4, -0.2) is 41.8 Å². The van der Waals surface area contributed by atoms with E-state index in [-0.39, 0.29) is 17.7 Å². The van der Waals surface area contributed by atoms with Gasteiger partial charge in [0.2, 0.25) is 0 Å². The van der Waals surface area contributed by atoms with E-state index in [1.54, 1.807) is 18.3 Å². The van der Waals surface area contributed by atoms with Crippen molar-refractivity contribution in [1.29, 1.82) is 0 Å². The highest BCUT2D eigenvalue weighted by molar-refractivity contribution is 5.93. The highest BCUT2D eigenvalue weighted by atomic mass is 16.4. The molecule has 0 saturated heterocycles. The molecule has 2 aromatic heterocycles. The molecule has 1 saturated carbocycles. The first kappa shape index (κ1) is 21.4. The predicted molar refractivity (Wildman–Crippen MR) is 134 cm³/mol. The Morgan fingerprint density at radius 2 is 1.63 bits per heavy atom. The zero-order chi connectivity index (χ0) is 23.9. The third kappa shape index (κ3) is 3.94. The lowest BCUT2D eigenvalue weighted by atomic mass is 9.92. The van der Waals surface area contributed by atoms with Crippen LogP contribution in [0.25, 0.3) is 44.7 Å². The van der Waals surface area contributed by atoms with Gasteiger partial charge in [-0.25, -0.2) is 14.8 Å². The second-order valence-electron chi connectivity index (χ2n) is 9.10. The van der Waals surface area contributed by atoms with Gasteiger partial charge in [-0.2, -0.15) is 0 Å². The number of aliphatic hydroxyl groups excluding tert-OH is 1. The third-order valence-corrected chi connectivity index (χ3v) is 6.84. The molecule has 0 unspecified atom stereocenters. The molecule has 1 aliphatic carbocycles. The Bertz CT molecular complexity index is 1550. The number of benzene rings is 3. The number of carboxylic acids is 1. The van der Waals surface area contributed by atoms with Crippen LogP contribution in [0.4, 0.5) is 0 Å². The van der Waals surface area contributed by atoms with Crippen LogP contribution >= 0.6 is 0 Å². The number of rotatable bonds is 4. The Labute approximate surface area is 201 Å². The fraction of sp³-hybridized carbons (Fsp3) is 0.214. The lowest BCUT2D eigenvalue weighted by molar-refractivity contribution is 0.0697. The topological polar surface area (TPSA) is 101 Å². The summed E-state index contributed by atoms with van der Waals surface area (Å²) < 4.78 is 2.21. The van der Waals surface area contributed by atoms with Crippen molar-refractivity contribution in [2.24, 2.45) is 0 Å². The maximum atomic E-state index is 11.5. The molecule has 174 valence electrons. The van der Waals surface area contributed by atoms with Gasteiger partial charge in [0, 0.05) is 17.2 Å². The van der Waals surface area contributed by atoms with Crippen LogP contribution in [0, 0.1) is 0 Å². The molecule has 0 bridgehead atoms. The van der Waals surface area contributed by atoms with Crippen molar-refractivity contribution < 1.29 is 15.0 Å². The second kappa shape index (κ2) is 8.60. The number of hydrogen-bond acceptors (Lipinski definition) is 5. The Hall–Kier alpha value is -4.10. The Kier molecular flexibility index (Phi) is 5.26. The number of aromatic carboxylic acids is 1. The Morgan fingerprint density at radius 3 is 2.40 bits per heavy atom. The summed E-state index contributed by atoms with van der Waals surface area (Å²) in [4.78, 5) is 25.9. The van der Waals surface area contributed by atoms with Gasteiger partial charge in [0.15, 0.2) is 0 Å². The first-order valence-corrected chi connectivity index (χ1v) is 11.8. The quantitative estimate of drug-likeness (QED) is 0.365. The SMILES string of the molecule is O=C(O)c1ccc2c(c1)nc(-c1ccc3nc(-c4ccccc4)cnc3c1)n2C1CCC(O)CC1. The third-order valence-electron chi connectivity index (χ3n) is 6.84. The smallest absolute Gasteiger partial charge is 0.335 e. The summed E-state index contributed by atoms with van der Waals surface area (Å²) in [5.41, 5.74) is 6.07. The largest absolute Gasteiger partial charge is 0.478 e. The average molecular weight is 465 g/mol. The number of nitrogens with zero attached hydrogens (tertiary/aromatic N) is 4. The monoisotopic (exact) mass is 464 g/mol. The van der Waals surface area contributed by atoms with Crippen LogP contribution in [0.5, 0.6) is 0 Å². The molecule has 6 rings (SSSR count). The van der Waals surface area contributed by atoms with Crippen LogP contribution in [0.15, 0.2) is 72.9 Å². The zero-order valence-electron chi connectivity index (χ0n) is 19.0. The minimum atomic E-state index is -0.973. The first-order chi connectivity index (χ1) is 17.1. The van der Waals surface area contributed by atoms with Crippen LogP contribution in [-0.2, 0) is 0 Å². The summed E-state index contributed by atoms with van der Waals surface area (Å²) >= 11 is 0. The molecule has 0 amide bonds. The van der Waals surface area contributed by atoms with Crippen molar-refractivity contribution in [2.75, 3.05) is 0 Å². The molecule has 0 aliphatic heterocycles. The van der Waals surface area contributed by atoms with Crippen molar-refractivity contribution >= 4 is 28.0 Å². The van der Waals surface area contributed by atoms with Crippen LogP contribution in [0.2, 0.25) is 0 Å². The molecule has 3 aromatic carbocycles. The summed E-state index contributed by atoms with van der Waals surface area (Å²) in [6.07, 6.45) is 4.68. The molecule has 1 fully saturated rings. The molecule has 35 heavy (non-hydrogen) atoms. The van der Waals surface area contributed by atoms with Crippen LogP contribution in [0.3, 0.4) is 0 Å². The maximum absolute atomic E-state index is 11.5. The number of aliphatic hydroxyl groups is 1. The Balaban J connectivity index is 1.47. The number of carbonyl (C=O) groups is 1. The zero-order valence-corrected chi connectivity index (χ0v) is 19.0. The van der Waals surface area contributed by atoms with Gasteiger partial charge in [-0.15, -0.1) is 0 Å². The molecular weight excluding hydrogens is 440 g/mol. The van der Waals surface area contributed by atoms with Gasteiger partial charge in [0.1, 0.15) is 5.82 Å². The van der Waals surface area contributed by atoms with E-state index in [2.05, 4.69) is 9.55 Å². The van der Waals surface area contributed by atoms with E-state index in [9.17, 15) is 15.0 Å². The van der Waals surface area contributed by atoms with Crippen molar-refractivity contribution in [3.8, 4) is 22.6 Å². The van der Waals surface area contributed by atoms with Gasteiger partial charge in [0.25, 0.3) is 0 Å². The second-order valence-corrected chi connectivity index (χ2v) is 9.10. The summed E-state index contributed by atoms with van der Waals surface area (Å²) in [6.45, 7) is 0. The summed E-state index contributed by atoms with van der Waals surface area (Å²) in [5.74, 6) is -0.196. The van der Waals surface area contributed by atoms with E-state index < -0.39 is 5.97 Å². The summed E-state index contributed by atoms with van der Waals surface area (Å²) in [7, 11) is 0. The van der Waals surface area contributed by atoms with Crippen LogP contribution < -0.4 is 0 Å². The molecule has 2 heterocycles. The summed E-state index contributed by atoms with van der Waals surface area (Å²) in [5, 5.41) is 19.5. The van der Waals surface area contributed by atoms with E-state index in [0.717, 1.165) is 64.9 Å². The molecule has 2 N–H and O–H groups in total. The van der Waals surface area contributed by atoms with Gasteiger partial charge in [-0.3, -0.25) is 4.98 Å². The number of aromatic nitrogens is 4. The van der Waals surface area contributed by atoms with Gasteiger partial charge < -0.3 is 14.8 Å². The minimum Gasteiger partial charge on any atom is -0.478 e. The maximum Gasteiger partial charge on any atom is 0.335 e. The molecule has 0 atom stereocenters. The molecule has 0 radical (unpaired) electrons. The number of imidazole rings is 1. The molecule has 0 spiro atoms. The van der Waals surface area contributed by atoms with Gasteiger partial charge in [-0.1, -0.05) is 30.3 Å². The van der Waals surface area contributed by atoms with E-state index in [0.29, 0.717) is 5.52 Å². The molecule has 7 nitrogen and oxygen atoms in total. The summed E-state index contributed by atoms with van der Waals surface area (Å²) in [6, 6.07) is 21.2. The fourth-order valence-corrected chi connectivity index (χ4v) is 5.02. The Morgan fingerprint density at radius 1 is 0.829 bits per heavy atom. The van der Waals surface area contributed by atoms with Crippen LogP contribution in [0.1, 0.15) is 42.1 Å². The predicted octanol–water partition coefficient (Wildman–Crippen LogP) is 5.49. The van der Waals surface area contributed by atoms with Crippen molar-refractivity contribution in [2.45, 2.75) is 37.8 Å². The lowest BCUT2D eigenvalue weighted by Gasteiger charge is -2.28. The van der Waals surface area contributed by atoms with E-state index in [1.807, 2.05) is 54.6 Å². The first-order valence-electron chi connectivity index (χ1n) is 11.8. The standard InChI is InChI=1S/C28H24N4O3/c33-21-10-8-20(9-11-21)32-26-13-7-19(28(34)35)15-24(26)31-27(32)18-6-12-22-23(14-18)29-16-25(30-22)17-4-2-1-3-5-17/h1-7,12-16,20-21,33H,8-11H2,(H,34,35). The van der Waals surface area contributed by atoms with Gasteiger partial charge >= 0.3 is 5.97 Å². The van der Waals surface area contributed by atoms with Gasteiger partial charge in [-0.05, 0) is 62.1 Å². The number of carboxylic acid groups (broad SMARTS) is 1. The lowest BCUT2D eigenvalue weighted by Crippen LogP contribution is -2.21. The average Bonchev–Trinajstić information content (AvgIpc) is 3.28. The van der Waals surface area contributed by atoms with E-state index in [4.69, 9.17) is 9.97 Å². The molecular formula is C28H24N4O3. The molecule has 1 aliphatic rings. The fourth-order valence-electron chi connectivity index (χ4n) is 5.02. The highest BCUT2D eigenvalue weighted by Crippen LogP contribution is 2.37. The number of hydrogen-bond donors (Lipinski definition) is 2. The van der Waals surface area contributed by atoms with Gasteiger partial charge in [0.05, 0.1) is 45.6 Å². The van der Waals surface area contributed by atoms with Crippen molar-refractivity contribution in [3.63, 3.8) is 0 Å². The normalized spacial score (nSPS) is 18.2. The van der Waals surface area contributed by atoms with E-state index in [1.165, 1.54) is 0 Å². The van der Waals surface area contributed by atoms with Crippen molar-refractivity contribution in [1.82, 2.24) is 19.5 Å². The molecule has 5 aromatic rings. The van der Waals surface area contributed by atoms with E-state index >= 15 is 0 Å². The van der Waals surface area contributed by atoms with Crippen molar-refractivity contribution in [3.05, 3.63) is 78.5 Å². The minimum absolute atomic E-state index is 0.177.